The van der Waals surface area contributed by atoms with Gasteiger partial charge in [0.15, 0.2) is 0 Å². The molecular formula is C9H6ClIO. The van der Waals surface area contributed by atoms with Gasteiger partial charge in [0.2, 0.25) is 0 Å². The molecular weight excluding hydrogens is 286 g/mol. The summed E-state index contributed by atoms with van der Waals surface area (Å²) in [4.78, 5) is 0. The number of hydrogen-bond acceptors (Lipinski definition) is 1. The lowest BCUT2D eigenvalue weighted by molar-refractivity contribution is 0.358. The van der Waals surface area contributed by atoms with Gasteiger partial charge in [-0.2, -0.15) is 0 Å². The minimum absolute atomic E-state index is 0.660. The molecule has 1 aromatic carbocycles. The summed E-state index contributed by atoms with van der Waals surface area (Å²) in [6.45, 7) is 0.660. The Morgan fingerprint density at radius 2 is 2.25 bits per heavy atom. The maximum Gasteiger partial charge on any atom is 0.128 e. The first-order chi connectivity index (χ1) is 5.77. The first-order valence-electron chi connectivity index (χ1n) is 3.56. The van der Waals surface area contributed by atoms with Crippen molar-refractivity contribution in [1.82, 2.24) is 0 Å². The number of benzene rings is 1. The van der Waals surface area contributed by atoms with Crippen molar-refractivity contribution >= 4 is 37.8 Å². The lowest BCUT2D eigenvalue weighted by atomic mass is 10.1. The second-order valence-corrected chi connectivity index (χ2v) is 4.10. The average Bonchev–Trinajstić information content (AvgIpc) is 2.07. The highest BCUT2D eigenvalue weighted by Crippen LogP contribution is 2.35. The van der Waals surface area contributed by atoms with Crippen LogP contribution in [0.5, 0.6) is 5.75 Å². The van der Waals surface area contributed by atoms with Crippen molar-refractivity contribution in [3.8, 4) is 5.75 Å². The molecule has 62 valence electrons. The zero-order chi connectivity index (χ0) is 8.55. The van der Waals surface area contributed by atoms with E-state index in [0.29, 0.717) is 6.61 Å². The SMILES string of the molecule is Clc1ccc2c(c1)C(I)=CCO2. The Kier molecular flexibility index (Phi) is 2.28. The number of fused-ring (bicyclic) bond motifs is 1. The predicted molar refractivity (Wildman–Crippen MR) is 58.9 cm³/mol. The van der Waals surface area contributed by atoms with Gasteiger partial charge in [0.05, 0.1) is 0 Å². The molecule has 12 heavy (non-hydrogen) atoms. The smallest absolute Gasteiger partial charge is 0.128 e. The maximum absolute atomic E-state index is 5.86. The molecule has 1 aromatic rings. The minimum Gasteiger partial charge on any atom is -0.489 e. The Morgan fingerprint density at radius 3 is 3.08 bits per heavy atom. The molecule has 0 bridgehead atoms. The number of halogens is 2. The Bertz CT molecular complexity index is 346. The molecule has 0 saturated heterocycles. The van der Waals surface area contributed by atoms with Crippen molar-refractivity contribution < 1.29 is 4.74 Å². The van der Waals surface area contributed by atoms with Crippen LogP contribution in [-0.4, -0.2) is 6.61 Å². The lowest BCUT2D eigenvalue weighted by Gasteiger charge is -2.14. The molecule has 0 spiro atoms. The Balaban J connectivity index is 2.58. The minimum atomic E-state index is 0.660. The standard InChI is InChI=1S/C9H6ClIO/c10-6-1-2-9-7(5-6)8(11)3-4-12-9/h1-3,5H,4H2. The summed E-state index contributed by atoms with van der Waals surface area (Å²) in [7, 11) is 0. The molecule has 1 aliphatic heterocycles. The highest BCUT2D eigenvalue weighted by Gasteiger charge is 2.11. The number of rotatable bonds is 0. The van der Waals surface area contributed by atoms with E-state index in [0.717, 1.165) is 16.3 Å². The van der Waals surface area contributed by atoms with Crippen LogP contribution in [0, 0.1) is 0 Å². The molecule has 0 amide bonds. The van der Waals surface area contributed by atoms with E-state index in [-0.39, 0.29) is 0 Å². The molecule has 0 N–H and O–H groups in total. The Labute approximate surface area is 89.5 Å². The van der Waals surface area contributed by atoms with Crippen molar-refractivity contribution in [2.24, 2.45) is 0 Å². The third-order valence-electron chi connectivity index (χ3n) is 1.70. The molecule has 0 fully saturated rings. The average molecular weight is 293 g/mol. The lowest BCUT2D eigenvalue weighted by Crippen LogP contribution is -2.01. The zero-order valence-electron chi connectivity index (χ0n) is 6.18. The van der Waals surface area contributed by atoms with E-state index in [1.165, 1.54) is 3.58 Å². The van der Waals surface area contributed by atoms with Crippen LogP contribution in [0.2, 0.25) is 5.02 Å². The van der Waals surface area contributed by atoms with Crippen molar-refractivity contribution in [2.75, 3.05) is 6.61 Å². The van der Waals surface area contributed by atoms with E-state index < -0.39 is 0 Å². The van der Waals surface area contributed by atoms with Gasteiger partial charge in [-0.3, -0.25) is 0 Å². The number of ether oxygens (including phenoxy) is 1. The fourth-order valence-electron chi connectivity index (χ4n) is 1.13. The molecule has 3 heteroatoms. The van der Waals surface area contributed by atoms with Crippen LogP contribution in [0.3, 0.4) is 0 Å². The third-order valence-corrected chi connectivity index (χ3v) is 2.96. The highest BCUT2D eigenvalue weighted by molar-refractivity contribution is 14.1. The van der Waals surface area contributed by atoms with E-state index in [2.05, 4.69) is 22.6 Å². The summed E-state index contributed by atoms with van der Waals surface area (Å²) in [5.74, 6) is 0.923. The van der Waals surface area contributed by atoms with Crippen molar-refractivity contribution in [3.63, 3.8) is 0 Å². The molecule has 0 aliphatic carbocycles. The quantitative estimate of drug-likeness (QED) is 0.665. The van der Waals surface area contributed by atoms with Crippen LogP contribution in [-0.2, 0) is 0 Å². The Morgan fingerprint density at radius 1 is 1.42 bits per heavy atom. The van der Waals surface area contributed by atoms with Crippen molar-refractivity contribution in [1.29, 1.82) is 0 Å². The zero-order valence-corrected chi connectivity index (χ0v) is 9.09. The highest BCUT2D eigenvalue weighted by atomic mass is 127. The van der Waals surface area contributed by atoms with Gasteiger partial charge in [-0.05, 0) is 46.9 Å². The molecule has 1 heterocycles. The first kappa shape index (κ1) is 8.38. The van der Waals surface area contributed by atoms with Crippen LogP contribution in [0.4, 0.5) is 0 Å². The van der Waals surface area contributed by atoms with Crippen LogP contribution < -0.4 is 4.74 Å². The van der Waals surface area contributed by atoms with E-state index >= 15 is 0 Å². The van der Waals surface area contributed by atoms with Gasteiger partial charge in [-0.25, -0.2) is 0 Å². The molecule has 0 atom stereocenters. The normalized spacial score (nSPS) is 14.7. The van der Waals surface area contributed by atoms with E-state index in [9.17, 15) is 0 Å². The van der Waals surface area contributed by atoms with Gasteiger partial charge in [0.25, 0.3) is 0 Å². The predicted octanol–water partition coefficient (Wildman–Crippen LogP) is 3.51. The maximum atomic E-state index is 5.86. The van der Waals surface area contributed by atoms with E-state index in [4.69, 9.17) is 16.3 Å². The molecule has 0 unspecified atom stereocenters. The number of hydrogen-bond donors (Lipinski definition) is 0. The van der Waals surface area contributed by atoms with E-state index in [1.807, 2.05) is 24.3 Å². The van der Waals surface area contributed by atoms with Crippen molar-refractivity contribution in [3.05, 3.63) is 34.9 Å². The van der Waals surface area contributed by atoms with Gasteiger partial charge < -0.3 is 4.74 Å². The van der Waals surface area contributed by atoms with E-state index in [1.54, 1.807) is 0 Å². The van der Waals surface area contributed by atoms with Gasteiger partial charge in [-0.15, -0.1) is 0 Å². The van der Waals surface area contributed by atoms with Crippen molar-refractivity contribution in [2.45, 2.75) is 0 Å². The largest absolute Gasteiger partial charge is 0.489 e. The summed E-state index contributed by atoms with van der Waals surface area (Å²) in [6.07, 6.45) is 2.04. The second-order valence-electron chi connectivity index (χ2n) is 2.50. The van der Waals surface area contributed by atoms with Gasteiger partial charge in [0, 0.05) is 14.2 Å². The van der Waals surface area contributed by atoms with Crippen LogP contribution >= 0.6 is 34.2 Å². The molecule has 0 radical (unpaired) electrons. The van der Waals surface area contributed by atoms with Crippen LogP contribution in [0.25, 0.3) is 3.58 Å². The first-order valence-corrected chi connectivity index (χ1v) is 5.01. The summed E-state index contributed by atoms with van der Waals surface area (Å²) in [6, 6.07) is 5.67. The van der Waals surface area contributed by atoms with Gasteiger partial charge in [0.1, 0.15) is 12.4 Å². The van der Waals surface area contributed by atoms with Crippen LogP contribution in [0.15, 0.2) is 24.3 Å². The third kappa shape index (κ3) is 1.45. The fraction of sp³-hybridized carbons (Fsp3) is 0.111. The molecule has 2 rings (SSSR count). The van der Waals surface area contributed by atoms with Gasteiger partial charge >= 0.3 is 0 Å². The summed E-state index contributed by atoms with van der Waals surface area (Å²) in [5.41, 5.74) is 1.09. The molecule has 1 aliphatic rings. The molecule has 0 aromatic heterocycles. The topological polar surface area (TPSA) is 9.23 Å². The summed E-state index contributed by atoms with van der Waals surface area (Å²) in [5, 5.41) is 0.752. The second kappa shape index (κ2) is 3.26. The monoisotopic (exact) mass is 292 g/mol. The van der Waals surface area contributed by atoms with Gasteiger partial charge in [-0.1, -0.05) is 11.6 Å². The Hall–Kier alpha value is -0.220. The molecule has 1 nitrogen and oxygen atoms in total. The summed E-state index contributed by atoms with van der Waals surface area (Å²) < 4.78 is 6.61. The van der Waals surface area contributed by atoms with Crippen LogP contribution in [0.1, 0.15) is 5.56 Å². The fourth-order valence-corrected chi connectivity index (χ4v) is 1.90. The summed E-state index contributed by atoms with van der Waals surface area (Å²) >= 11 is 8.14. The molecule has 0 saturated carbocycles.